The third-order valence-corrected chi connectivity index (χ3v) is 3.17. The lowest BCUT2D eigenvalue weighted by Gasteiger charge is -2.17. The Morgan fingerprint density at radius 2 is 2.15 bits per heavy atom. The zero-order valence-electron chi connectivity index (χ0n) is 11.3. The lowest BCUT2D eigenvalue weighted by atomic mass is 10.1. The van der Waals surface area contributed by atoms with Gasteiger partial charge in [-0.2, -0.15) is 13.2 Å². The van der Waals surface area contributed by atoms with Crippen molar-refractivity contribution in [1.82, 2.24) is 5.32 Å². The van der Waals surface area contributed by atoms with Crippen molar-refractivity contribution in [1.29, 1.82) is 0 Å². The third-order valence-electron chi connectivity index (χ3n) is 3.17. The second kappa shape index (κ2) is 5.87. The van der Waals surface area contributed by atoms with Gasteiger partial charge in [0.25, 0.3) is 0 Å². The van der Waals surface area contributed by atoms with E-state index in [9.17, 15) is 13.2 Å². The van der Waals surface area contributed by atoms with Crippen molar-refractivity contribution in [2.45, 2.75) is 44.6 Å². The van der Waals surface area contributed by atoms with E-state index < -0.39 is 17.8 Å². The summed E-state index contributed by atoms with van der Waals surface area (Å²) in [5.41, 5.74) is -0.121. The van der Waals surface area contributed by atoms with Crippen molar-refractivity contribution in [3.05, 3.63) is 42.0 Å². The molecule has 1 aromatic rings. The van der Waals surface area contributed by atoms with E-state index in [0.29, 0.717) is 18.2 Å². The molecule has 1 saturated carbocycles. The molecule has 0 spiro atoms. The van der Waals surface area contributed by atoms with Gasteiger partial charge in [0, 0.05) is 12.6 Å². The number of rotatable bonds is 6. The Morgan fingerprint density at radius 3 is 2.70 bits per heavy atom. The predicted octanol–water partition coefficient (Wildman–Crippen LogP) is 3.91. The average molecular weight is 285 g/mol. The Kier molecular flexibility index (Phi) is 4.38. The van der Waals surface area contributed by atoms with E-state index in [0.717, 1.165) is 18.9 Å². The number of hydrogen-bond acceptors (Lipinski definition) is 2. The first-order chi connectivity index (χ1) is 9.40. The van der Waals surface area contributed by atoms with Crippen LogP contribution in [0.25, 0.3) is 0 Å². The van der Waals surface area contributed by atoms with Crippen molar-refractivity contribution >= 4 is 0 Å². The molecule has 1 aliphatic carbocycles. The van der Waals surface area contributed by atoms with E-state index in [1.54, 1.807) is 13.0 Å². The molecule has 0 saturated heterocycles. The molecular formula is C15H18F3NO. The third kappa shape index (κ3) is 4.00. The number of hydrogen-bond donors (Lipinski definition) is 1. The minimum atomic E-state index is -4.42. The summed E-state index contributed by atoms with van der Waals surface area (Å²) in [6.07, 6.45) is -1.23. The molecule has 0 aliphatic heterocycles. The van der Waals surface area contributed by atoms with Gasteiger partial charge in [0.2, 0.25) is 0 Å². The van der Waals surface area contributed by atoms with Crippen LogP contribution in [0, 0.1) is 0 Å². The number of benzene rings is 1. The Hall–Kier alpha value is -1.49. The molecule has 2 nitrogen and oxygen atoms in total. The van der Waals surface area contributed by atoms with Gasteiger partial charge in [0.15, 0.2) is 0 Å². The highest BCUT2D eigenvalue weighted by molar-refractivity contribution is 5.39. The molecule has 0 radical (unpaired) electrons. The molecule has 0 aromatic heterocycles. The minimum Gasteiger partial charge on any atom is -0.486 e. The van der Waals surface area contributed by atoms with Crippen LogP contribution in [0.2, 0.25) is 0 Å². The maximum Gasteiger partial charge on any atom is 0.419 e. The number of alkyl halides is 3. The predicted molar refractivity (Wildman–Crippen MR) is 71.6 cm³/mol. The quantitative estimate of drug-likeness (QED) is 0.800. The maximum atomic E-state index is 13.1. The van der Waals surface area contributed by atoms with Gasteiger partial charge in [-0.1, -0.05) is 18.7 Å². The Labute approximate surface area is 116 Å². The summed E-state index contributed by atoms with van der Waals surface area (Å²) in [5.74, 6) is -0.153. The van der Waals surface area contributed by atoms with Crippen LogP contribution in [-0.2, 0) is 12.7 Å². The topological polar surface area (TPSA) is 21.3 Å². The lowest BCUT2D eigenvalue weighted by molar-refractivity contribution is -0.139. The fourth-order valence-corrected chi connectivity index (χ4v) is 1.81. The molecule has 1 atom stereocenters. The summed E-state index contributed by atoms with van der Waals surface area (Å²) < 4.78 is 44.5. The highest BCUT2D eigenvalue weighted by Gasteiger charge is 2.35. The van der Waals surface area contributed by atoms with Crippen LogP contribution >= 0.6 is 0 Å². The van der Waals surface area contributed by atoms with Gasteiger partial charge in [-0.15, -0.1) is 0 Å². The van der Waals surface area contributed by atoms with Gasteiger partial charge in [0.05, 0.1) is 5.56 Å². The second-order valence-corrected chi connectivity index (χ2v) is 5.04. The Bertz CT molecular complexity index is 480. The summed E-state index contributed by atoms with van der Waals surface area (Å²) in [5, 5.41) is 3.20. The summed E-state index contributed by atoms with van der Waals surface area (Å²) in [6.45, 7) is 5.60. The van der Waals surface area contributed by atoms with Gasteiger partial charge in [-0.05, 0) is 37.5 Å². The summed E-state index contributed by atoms with van der Waals surface area (Å²) >= 11 is 0. The first-order valence-corrected chi connectivity index (χ1v) is 6.63. The SMILES string of the molecule is C=CC(C)Oc1ccc(CNC2CC2)cc1C(F)(F)F. The Balaban J connectivity index is 2.19. The smallest absolute Gasteiger partial charge is 0.419 e. The van der Waals surface area contributed by atoms with E-state index >= 15 is 0 Å². The van der Waals surface area contributed by atoms with E-state index in [-0.39, 0.29) is 5.75 Å². The van der Waals surface area contributed by atoms with Gasteiger partial charge in [-0.3, -0.25) is 0 Å². The van der Waals surface area contributed by atoms with E-state index in [4.69, 9.17) is 4.74 Å². The zero-order valence-corrected chi connectivity index (χ0v) is 11.3. The summed E-state index contributed by atoms with van der Waals surface area (Å²) in [6, 6.07) is 4.66. The molecule has 0 bridgehead atoms. The normalized spacial score (nSPS) is 16.8. The minimum absolute atomic E-state index is 0.153. The molecule has 2 rings (SSSR count). The Morgan fingerprint density at radius 1 is 1.45 bits per heavy atom. The van der Waals surface area contributed by atoms with Gasteiger partial charge in [-0.25, -0.2) is 0 Å². The molecule has 20 heavy (non-hydrogen) atoms. The van der Waals surface area contributed by atoms with E-state index in [1.807, 2.05) is 0 Å². The molecule has 1 unspecified atom stereocenters. The standard InChI is InChI=1S/C15H18F3NO/c1-3-10(2)20-14-7-4-11(9-19-12-5-6-12)8-13(14)15(16,17)18/h3-4,7-8,10,12,19H,1,5-6,9H2,2H3. The second-order valence-electron chi connectivity index (χ2n) is 5.04. The van der Waals surface area contributed by atoms with Crippen molar-refractivity contribution in [3.63, 3.8) is 0 Å². The monoisotopic (exact) mass is 285 g/mol. The number of ether oxygens (including phenoxy) is 1. The molecule has 1 aromatic carbocycles. The first-order valence-electron chi connectivity index (χ1n) is 6.63. The number of nitrogens with one attached hydrogen (secondary N) is 1. The van der Waals surface area contributed by atoms with Crippen molar-refractivity contribution in [2.24, 2.45) is 0 Å². The summed E-state index contributed by atoms with van der Waals surface area (Å²) in [7, 11) is 0. The van der Waals surface area contributed by atoms with Crippen molar-refractivity contribution in [2.75, 3.05) is 0 Å². The maximum absolute atomic E-state index is 13.1. The average Bonchev–Trinajstić information content (AvgIpc) is 3.20. The van der Waals surface area contributed by atoms with Crippen molar-refractivity contribution < 1.29 is 17.9 Å². The molecule has 0 amide bonds. The fraction of sp³-hybridized carbons (Fsp3) is 0.467. The molecule has 1 fully saturated rings. The van der Waals surface area contributed by atoms with Crippen LogP contribution in [0.1, 0.15) is 30.9 Å². The van der Waals surface area contributed by atoms with Crippen molar-refractivity contribution in [3.8, 4) is 5.75 Å². The largest absolute Gasteiger partial charge is 0.486 e. The van der Waals surface area contributed by atoms with Gasteiger partial charge < -0.3 is 10.1 Å². The molecule has 1 N–H and O–H groups in total. The number of halogens is 3. The van der Waals surface area contributed by atoms with Gasteiger partial charge in [0.1, 0.15) is 11.9 Å². The fourth-order valence-electron chi connectivity index (χ4n) is 1.81. The molecule has 5 heteroatoms. The molecular weight excluding hydrogens is 267 g/mol. The van der Waals surface area contributed by atoms with Crippen LogP contribution in [0.4, 0.5) is 13.2 Å². The van der Waals surface area contributed by atoms with Crippen LogP contribution < -0.4 is 10.1 Å². The van der Waals surface area contributed by atoms with Crippen LogP contribution in [0.15, 0.2) is 30.9 Å². The molecule has 0 heterocycles. The lowest BCUT2D eigenvalue weighted by Crippen LogP contribution is -2.17. The van der Waals surface area contributed by atoms with Gasteiger partial charge >= 0.3 is 6.18 Å². The van der Waals surface area contributed by atoms with E-state index in [1.165, 1.54) is 12.1 Å². The first kappa shape index (κ1) is 14.9. The van der Waals surface area contributed by atoms with Crippen LogP contribution in [0.3, 0.4) is 0 Å². The highest BCUT2D eigenvalue weighted by atomic mass is 19.4. The summed E-state index contributed by atoms with van der Waals surface area (Å²) in [4.78, 5) is 0. The molecule has 1 aliphatic rings. The zero-order chi connectivity index (χ0) is 14.8. The van der Waals surface area contributed by atoms with Crippen LogP contribution in [-0.4, -0.2) is 12.1 Å². The van der Waals surface area contributed by atoms with E-state index in [2.05, 4.69) is 11.9 Å². The highest BCUT2D eigenvalue weighted by Crippen LogP contribution is 2.37. The molecule has 110 valence electrons. The van der Waals surface area contributed by atoms with Crippen LogP contribution in [0.5, 0.6) is 5.75 Å².